The van der Waals surface area contributed by atoms with Crippen LogP contribution in [0.15, 0.2) is 59.2 Å². The zero-order chi connectivity index (χ0) is 15.8. The summed E-state index contributed by atoms with van der Waals surface area (Å²) in [5.41, 5.74) is 3.42. The van der Waals surface area contributed by atoms with Crippen molar-refractivity contribution in [3.63, 3.8) is 0 Å². The topological polar surface area (TPSA) is 36.1 Å². The molecule has 3 aromatic rings. The number of carbonyl (C=O) groups is 1. The number of nitrogens with one attached hydrogen (secondary N) is 1. The summed E-state index contributed by atoms with van der Waals surface area (Å²) in [5, 5.41) is 1.18. The number of H-pyrrole nitrogens is 1. The number of benzene rings is 2. The van der Waals surface area contributed by atoms with Crippen molar-refractivity contribution in [2.24, 2.45) is 0 Å². The van der Waals surface area contributed by atoms with Crippen LogP contribution >= 0.6 is 15.9 Å². The van der Waals surface area contributed by atoms with Crippen LogP contribution in [0.4, 0.5) is 0 Å². The van der Waals surface area contributed by atoms with E-state index in [9.17, 15) is 4.79 Å². The lowest BCUT2D eigenvalue weighted by Gasteiger charge is -2.28. The van der Waals surface area contributed by atoms with E-state index in [0.717, 1.165) is 34.1 Å². The minimum atomic E-state index is -0.0331. The van der Waals surface area contributed by atoms with E-state index >= 15 is 0 Å². The summed E-state index contributed by atoms with van der Waals surface area (Å²) in [6.07, 6.45) is 3.63. The van der Waals surface area contributed by atoms with Gasteiger partial charge in [-0.2, -0.15) is 0 Å². The zero-order valence-electron chi connectivity index (χ0n) is 12.6. The Hall–Kier alpha value is -2.07. The average Bonchev–Trinajstić information content (AvgIpc) is 3.17. The highest BCUT2D eigenvalue weighted by atomic mass is 79.9. The first-order valence-corrected chi connectivity index (χ1v) is 8.64. The Bertz CT molecular complexity index is 853. The largest absolute Gasteiger partial charge is 0.361 e. The number of hydrogen-bond acceptors (Lipinski definition) is 1. The molecule has 0 radical (unpaired) electrons. The second kappa shape index (κ2) is 5.85. The molecule has 2 heterocycles. The molecule has 0 saturated carbocycles. The highest BCUT2D eigenvalue weighted by Crippen LogP contribution is 2.36. The van der Waals surface area contributed by atoms with Gasteiger partial charge in [0.2, 0.25) is 5.91 Å². The van der Waals surface area contributed by atoms with Crippen molar-refractivity contribution in [1.29, 1.82) is 0 Å². The minimum Gasteiger partial charge on any atom is -0.361 e. The highest BCUT2D eigenvalue weighted by Gasteiger charge is 2.31. The van der Waals surface area contributed by atoms with Crippen molar-refractivity contribution in [3.05, 3.63) is 70.3 Å². The molecule has 1 aliphatic heterocycles. The Balaban J connectivity index is 1.88. The summed E-state index contributed by atoms with van der Waals surface area (Å²) in [4.78, 5) is 17.7. The van der Waals surface area contributed by atoms with Gasteiger partial charge in [0.1, 0.15) is 0 Å². The molecule has 3 nitrogen and oxygen atoms in total. The van der Waals surface area contributed by atoms with E-state index in [0.29, 0.717) is 6.42 Å². The van der Waals surface area contributed by atoms with Crippen molar-refractivity contribution in [2.75, 3.05) is 6.54 Å². The van der Waals surface area contributed by atoms with Crippen LogP contribution in [-0.2, 0) is 4.79 Å². The number of fused-ring (bicyclic) bond motifs is 1. The monoisotopic (exact) mass is 368 g/mol. The van der Waals surface area contributed by atoms with Crippen LogP contribution in [0, 0.1) is 0 Å². The number of rotatable bonds is 3. The lowest BCUT2D eigenvalue weighted by Crippen LogP contribution is -2.30. The summed E-state index contributed by atoms with van der Waals surface area (Å²) in [6.45, 7) is 0.819. The van der Waals surface area contributed by atoms with Crippen molar-refractivity contribution < 1.29 is 4.79 Å². The van der Waals surface area contributed by atoms with Crippen LogP contribution in [0.25, 0.3) is 10.9 Å². The van der Waals surface area contributed by atoms with Crippen LogP contribution < -0.4 is 0 Å². The maximum absolute atomic E-state index is 12.4. The second-order valence-electron chi connectivity index (χ2n) is 5.93. The van der Waals surface area contributed by atoms with Crippen molar-refractivity contribution in [2.45, 2.75) is 18.9 Å². The molecule has 1 fully saturated rings. The predicted octanol–water partition coefficient (Wildman–Crippen LogP) is 4.64. The summed E-state index contributed by atoms with van der Waals surface area (Å²) >= 11 is 3.49. The number of hydrogen-bond donors (Lipinski definition) is 1. The molecule has 4 rings (SSSR count). The van der Waals surface area contributed by atoms with Gasteiger partial charge in [-0.25, -0.2) is 0 Å². The van der Waals surface area contributed by atoms with Gasteiger partial charge in [-0.15, -0.1) is 0 Å². The van der Waals surface area contributed by atoms with E-state index in [2.05, 4.69) is 45.2 Å². The van der Waals surface area contributed by atoms with E-state index in [1.165, 1.54) is 5.39 Å². The molecule has 0 aliphatic carbocycles. The number of amides is 1. The molecule has 1 saturated heterocycles. The Kier molecular flexibility index (Phi) is 3.69. The quantitative estimate of drug-likeness (QED) is 0.717. The molecular weight excluding hydrogens is 352 g/mol. The molecule has 1 unspecified atom stereocenters. The normalized spacial score (nSPS) is 16.2. The molecular formula is C19H17BrN2O. The molecule has 1 aliphatic rings. The third-order valence-corrected chi connectivity index (χ3v) is 5.05. The van der Waals surface area contributed by atoms with Crippen molar-refractivity contribution in [1.82, 2.24) is 9.88 Å². The molecule has 2 aromatic carbocycles. The van der Waals surface area contributed by atoms with Gasteiger partial charge in [-0.3, -0.25) is 4.79 Å². The average molecular weight is 369 g/mol. The molecule has 4 heteroatoms. The molecule has 1 amide bonds. The SMILES string of the molecule is O=C1CCCN1C(c1ccc(Br)cc1)c1c[nH]c2ccccc12. The fourth-order valence-corrected chi connectivity index (χ4v) is 3.70. The van der Waals surface area contributed by atoms with Crippen LogP contribution in [-0.4, -0.2) is 22.3 Å². The third-order valence-electron chi connectivity index (χ3n) is 4.52. The second-order valence-corrected chi connectivity index (χ2v) is 6.85. The summed E-state index contributed by atoms with van der Waals surface area (Å²) in [5.74, 6) is 0.239. The summed E-state index contributed by atoms with van der Waals surface area (Å²) < 4.78 is 1.05. The fraction of sp³-hybridized carbons (Fsp3) is 0.211. The number of carbonyl (C=O) groups excluding carboxylic acids is 1. The minimum absolute atomic E-state index is 0.0331. The van der Waals surface area contributed by atoms with E-state index < -0.39 is 0 Å². The van der Waals surface area contributed by atoms with Crippen LogP contribution in [0.5, 0.6) is 0 Å². The first-order valence-electron chi connectivity index (χ1n) is 7.85. The Morgan fingerprint density at radius 2 is 1.87 bits per heavy atom. The number of nitrogens with zero attached hydrogens (tertiary/aromatic N) is 1. The first-order chi connectivity index (χ1) is 11.2. The number of aromatic nitrogens is 1. The smallest absolute Gasteiger partial charge is 0.223 e. The van der Waals surface area contributed by atoms with Gasteiger partial charge in [0.05, 0.1) is 6.04 Å². The number of para-hydroxylation sites is 1. The van der Waals surface area contributed by atoms with Gasteiger partial charge in [-0.1, -0.05) is 46.3 Å². The van der Waals surface area contributed by atoms with Crippen LogP contribution in [0.3, 0.4) is 0 Å². The first kappa shape index (κ1) is 14.5. The molecule has 1 aromatic heterocycles. The van der Waals surface area contributed by atoms with E-state index in [-0.39, 0.29) is 11.9 Å². The molecule has 0 spiro atoms. The number of halogens is 1. The summed E-state index contributed by atoms with van der Waals surface area (Å²) in [7, 11) is 0. The zero-order valence-corrected chi connectivity index (χ0v) is 14.2. The van der Waals surface area contributed by atoms with E-state index in [4.69, 9.17) is 0 Å². The van der Waals surface area contributed by atoms with Gasteiger partial charge in [0, 0.05) is 40.1 Å². The van der Waals surface area contributed by atoms with Gasteiger partial charge in [0.15, 0.2) is 0 Å². The van der Waals surface area contributed by atoms with Crippen molar-refractivity contribution >= 4 is 32.7 Å². The maximum atomic E-state index is 12.4. The molecule has 116 valence electrons. The summed E-state index contributed by atoms with van der Waals surface area (Å²) in [6, 6.07) is 16.5. The maximum Gasteiger partial charge on any atom is 0.223 e. The van der Waals surface area contributed by atoms with Gasteiger partial charge < -0.3 is 9.88 Å². The number of aromatic amines is 1. The van der Waals surface area contributed by atoms with Crippen LogP contribution in [0.1, 0.15) is 30.0 Å². The Morgan fingerprint density at radius 1 is 1.09 bits per heavy atom. The Labute approximate surface area is 143 Å². The lowest BCUT2D eigenvalue weighted by atomic mass is 9.97. The fourth-order valence-electron chi connectivity index (χ4n) is 3.43. The van der Waals surface area contributed by atoms with Crippen molar-refractivity contribution in [3.8, 4) is 0 Å². The van der Waals surface area contributed by atoms with Crippen LogP contribution in [0.2, 0.25) is 0 Å². The van der Waals surface area contributed by atoms with E-state index in [1.54, 1.807) is 0 Å². The molecule has 1 N–H and O–H groups in total. The predicted molar refractivity (Wildman–Crippen MR) is 95.2 cm³/mol. The van der Waals surface area contributed by atoms with Gasteiger partial charge >= 0.3 is 0 Å². The number of likely N-dealkylation sites (tertiary alicyclic amines) is 1. The molecule has 23 heavy (non-hydrogen) atoms. The van der Waals surface area contributed by atoms with E-state index in [1.807, 2.05) is 35.4 Å². The third kappa shape index (κ3) is 2.57. The standard InChI is InChI=1S/C19H17BrN2O/c20-14-9-7-13(8-10-14)19(22-11-3-6-18(22)23)16-12-21-17-5-2-1-4-15(16)17/h1-2,4-5,7-10,12,19,21H,3,6,11H2. The Morgan fingerprint density at radius 3 is 2.61 bits per heavy atom. The molecule has 1 atom stereocenters. The molecule has 0 bridgehead atoms. The van der Waals surface area contributed by atoms with Gasteiger partial charge in [0.25, 0.3) is 0 Å². The van der Waals surface area contributed by atoms with Gasteiger partial charge in [-0.05, 0) is 30.2 Å². The lowest BCUT2D eigenvalue weighted by molar-refractivity contribution is -0.129. The highest BCUT2D eigenvalue weighted by molar-refractivity contribution is 9.10.